The fourth-order valence-corrected chi connectivity index (χ4v) is 2.15. The van der Waals surface area contributed by atoms with Crippen molar-refractivity contribution >= 4 is 0 Å². The maximum absolute atomic E-state index is 9.71. The lowest BCUT2D eigenvalue weighted by molar-refractivity contribution is 0.0266. The number of aliphatic hydroxyl groups is 1. The summed E-state index contributed by atoms with van der Waals surface area (Å²) in [6.07, 6.45) is 3.52. The third kappa shape index (κ3) is 2.19. The topological polar surface area (TPSA) is 20.2 Å². The van der Waals surface area contributed by atoms with E-state index in [4.69, 9.17) is 0 Å². The standard InChI is InChI=1S/C10H20O/c1-7(2)9-5-4-8(3)6-10(9)11/h7-11H,4-6H2,1-3H3/t8-,9-,10?/m0/s1. The molecule has 0 amide bonds. The van der Waals surface area contributed by atoms with Crippen molar-refractivity contribution in [1.29, 1.82) is 0 Å². The molecule has 1 aliphatic rings. The minimum absolute atomic E-state index is 0.0289. The summed E-state index contributed by atoms with van der Waals surface area (Å²) in [7, 11) is 0. The van der Waals surface area contributed by atoms with Crippen LogP contribution in [-0.4, -0.2) is 11.2 Å². The van der Waals surface area contributed by atoms with E-state index < -0.39 is 0 Å². The molecule has 3 atom stereocenters. The van der Waals surface area contributed by atoms with Crippen LogP contribution >= 0.6 is 0 Å². The highest BCUT2D eigenvalue weighted by Crippen LogP contribution is 2.33. The summed E-state index contributed by atoms with van der Waals surface area (Å²) in [6, 6.07) is 0. The predicted molar refractivity (Wildman–Crippen MR) is 47.3 cm³/mol. The maximum Gasteiger partial charge on any atom is 0.0573 e. The Morgan fingerprint density at radius 1 is 1.27 bits per heavy atom. The van der Waals surface area contributed by atoms with Gasteiger partial charge in [0.2, 0.25) is 0 Å². The molecule has 11 heavy (non-hydrogen) atoms. The zero-order chi connectivity index (χ0) is 8.43. The monoisotopic (exact) mass is 156 g/mol. The van der Waals surface area contributed by atoms with Crippen LogP contribution in [0, 0.1) is 17.8 Å². The fraction of sp³-hybridized carbons (Fsp3) is 1.00. The number of hydrogen-bond donors (Lipinski definition) is 1. The Kier molecular flexibility index (Phi) is 2.94. The molecule has 66 valence electrons. The van der Waals surface area contributed by atoms with Crippen molar-refractivity contribution in [1.82, 2.24) is 0 Å². The van der Waals surface area contributed by atoms with Gasteiger partial charge in [0.05, 0.1) is 6.10 Å². The van der Waals surface area contributed by atoms with Gasteiger partial charge in [-0.3, -0.25) is 0 Å². The Morgan fingerprint density at radius 2 is 1.91 bits per heavy atom. The minimum Gasteiger partial charge on any atom is -0.393 e. The molecule has 1 aliphatic carbocycles. The van der Waals surface area contributed by atoms with E-state index in [0.29, 0.717) is 11.8 Å². The van der Waals surface area contributed by atoms with Crippen LogP contribution in [-0.2, 0) is 0 Å². The molecule has 0 heterocycles. The average Bonchev–Trinajstić information content (AvgIpc) is 1.85. The molecule has 1 unspecified atom stereocenters. The summed E-state index contributed by atoms with van der Waals surface area (Å²) < 4.78 is 0. The Morgan fingerprint density at radius 3 is 2.36 bits per heavy atom. The van der Waals surface area contributed by atoms with Crippen molar-refractivity contribution in [3.63, 3.8) is 0 Å². The van der Waals surface area contributed by atoms with Crippen molar-refractivity contribution in [2.45, 2.75) is 46.1 Å². The second kappa shape index (κ2) is 3.57. The van der Waals surface area contributed by atoms with E-state index in [0.717, 1.165) is 12.3 Å². The summed E-state index contributed by atoms with van der Waals surface area (Å²) in [5, 5.41) is 9.71. The first-order valence-electron chi connectivity index (χ1n) is 4.79. The lowest BCUT2D eigenvalue weighted by Crippen LogP contribution is -2.31. The van der Waals surface area contributed by atoms with Crippen molar-refractivity contribution < 1.29 is 5.11 Å². The van der Waals surface area contributed by atoms with Crippen LogP contribution in [0.3, 0.4) is 0 Å². The third-order valence-corrected chi connectivity index (χ3v) is 2.99. The molecule has 0 spiro atoms. The van der Waals surface area contributed by atoms with Gasteiger partial charge in [0.25, 0.3) is 0 Å². The quantitative estimate of drug-likeness (QED) is 0.618. The first kappa shape index (κ1) is 9.05. The second-order valence-corrected chi connectivity index (χ2v) is 4.39. The van der Waals surface area contributed by atoms with Crippen molar-refractivity contribution in [2.75, 3.05) is 0 Å². The normalized spacial score (nSPS) is 39.5. The molecule has 1 nitrogen and oxygen atoms in total. The molecule has 0 radical (unpaired) electrons. The van der Waals surface area contributed by atoms with Crippen LogP contribution in [0.15, 0.2) is 0 Å². The molecular formula is C10H20O. The summed E-state index contributed by atoms with van der Waals surface area (Å²) >= 11 is 0. The average molecular weight is 156 g/mol. The van der Waals surface area contributed by atoms with Crippen LogP contribution in [0.5, 0.6) is 0 Å². The van der Waals surface area contributed by atoms with Crippen molar-refractivity contribution in [3.05, 3.63) is 0 Å². The van der Waals surface area contributed by atoms with E-state index in [-0.39, 0.29) is 6.10 Å². The summed E-state index contributed by atoms with van der Waals surface area (Å²) in [5.74, 6) is 1.95. The van der Waals surface area contributed by atoms with Crippen LogP contribution in [0.25, 0.3) is 0 Å². The van der Waals surface area contributed by atoms with Crippen LogP contribution in [0.2, 0.25) is 0 Å². The fourth-order valence-electron chi connectivity index (χ4n) is 2.15. The van der Waals surface area contributed by atoms with E-state index in [1.807, 2.05) is 0 Å². The van der Waals surface area contributed by atoms with Crippen LogP contribution in [0.4, 0.5) is 0 Å². The summed E-state index contributed by atoms with van der Waals surface area (Å²) in [5.41, 5.74) is 0. The van der Waals surface area contributed by atoms with Gasteiger partial charge in [0, 0.05) is 0 Å². The van der Waals surface area contributed by atoms with Gasteiger partial charge in [-0.05, 0) is 30.6 Å². The summed E-state index contributed by atoms with van der Waals surface area (Å²) in [6.45, 7) is 6.66. The van der Waals surface area contributed by atoms with Gasteiger partial charge in [-0.1, -0.05) is 27.2 Å². The molecule has 1 saturated carbocycles. The predicted octanol–water partition coefficient (Wildman–Crippen LogP) is 2.44. The van der Waals surface area contributed by atoms with Crippen LogP contribution in [0.1, 0.15) is 40.0 Å². The summed E-state index contributed by atoms with van der Waals surface area (Å²) in [4.78, 5) is 0. The molecule has 0 aromatic heterocycles. The minimum atomic E-state index is -0.0289. The molecule has 0 bridgehead atoms. The number of aliphatic hydroxyl groups excluding tert-OH is 1. The van der Waals surface area contributed by atoms with Gasteiger partial charge in [-0.15, -0.1) is 0 Å². The van der Waals surface area contributed by atoms with E-state index in [1.165, 1.54) is 12.8 Å². The molecule has 1 fully saturated rings. The Balaban J connectivity index is 2.44. The number of rotatable bonds is 1. The van der Waals surface area contributed by atoms with Gasteiger partial charge in [-0.25, -0.2) is 0 Å². The number of hydrogen-bond acceptors (Lipinski definition) is 1. The van der Waals surface area contributed by atoms with Crippen molar-refractivity contribution in [2.24, 2.45) is 17.8 Å². The molecule has 1 N–H and O–H groups in total. The van der Waals surface area contributed by atoms with E-state index >= 15 is 0 Å². The Hall–Kier alpha value is -0.0400. The second-order valence-electron chi connectivity index (χ2n) is 4.39. The molecule has 1 rings (SSSR count). The molecular weight excluding hydrogens is 136 g/mol. The van der Waals surface area contributed by atoms with Gasteiger partial charge in [0.15, 0.2) is 0 Å². The van der Waals surface area contributed by atoms with E-state index in [2.05, 4.69) is 20.8 Å². The zero-order valence-corrected chi connectivity index (χ0v) is 7.88. The molecule has 1 heteroatoms. The molecule has 0 aromatic carbocycles. The maximum atomic E-state index is 9.71. The molecule has 0 aliphatic heterocycles. The van der Waals surface area contributed by atoms with E-state index in [1.54, 1.807) is 0 Å². The van der Waals surface area contributed by atoms with Gasteiger partial charge >= 0.3 is 0 Å². The first-order chi connectivity index (χ1) is 5.11. The highest BCUT2D eigenvalue weighted by molar-refractivity contribution is 4.79. The Labute approximate surface area is 69.8 Å². The lowest BCUT2D eigenvalue weighted by atomic mass is 9.75. The Bertz CT molecular complexity index is 120. The smallest absolute Gasteiger partial charge is 0.0573 e. The van der Waals surface area contributed by atoms with Crippen LogP contribution < -0.4 is 0 Å². The highest BCUT2D eigenvalue weighted by atomic mass is 16.3. The van der Waals surface area contributed by atoms with Crippen molar-refractivity contribution in [3.8, 4) is 0 Å². The third-order valence-electron chi connectivity index (χ3n) is 2.99. The first-order valence-corrected chi connectivity index (χ1v) is 4.79. The van der Waals surface area contributed by atoms with Gasteiger partial charge < -0.3 is 5.11 Å². The molecule has 0 saturated heterocycles. The largest absolute Gasteiger partial charge is 0.393 e. The highest BCUT2D eigenvalue weighted by Gasteiger charge is 2.28. The molecule has 0 aromatic rings. The lowest BCUT2D eigenvalue weighted by Gasteiger charge is -2.33. The van der Waals surface area contributed by atoms with Gasteiger partial charge in [-0.2, -0.15) is 0 Å². The SMILES string of the molecule is CC(C)[C@@H]1CC[C@H](C)CC1O. The zero-order valence-electron chi connectivity index (χ0n) is 7.88. The van der Waals surface area contributed by atoms with E-state index in [9.17, 15) is 5.11 Å². The van der Waals surface area contributed by atoms with Gasteiger partial charge in [0.1, 0.15) is 0 Å².